The fourth-order valence-corrected chi connectivity index (χ4v) is 5.86. The molecule has 3 heterocycles. The van der Waals surface area contributed by atoms with Crippen LogP contribution in [0.15, 0.2) is 35.1 Å². The van der Waals surface area contributed by atoms with Crippen LogP contribution in [0.1, 0.15) is 61.9 Å². The van der Waals surface area contributed by atoms with Crippen LogP contribution in [-0.4, -0.2) is 33.6 Å². The number of amides is 1. The van der Waals surface area contributed by atoms with Crippen LogP contribution < -0.4 is 15.8 Å². The number of piperidine rings is 1. The molecule has 1 atom stereocenters. The lowest BCUT2D eigenvalue weighted by molar-refractivity contribution is -0.126. The van der Waals surface area contributed by atoms with E-state index in [1.165, 1.54) is 27.0 Å². The summed E-state index contributed by atoms with van der Waals surface area (Å²) in [6, 6.07) is 10.2. The van der Waals surface area contributed by atoms with Crippen LogP contribution in [0.4, 0.5) is 5.13 Å². The van der Waals surface area contributed by atoms with Gasteiger partial charge in [-0.1, -0.05) is 48.9 Å². The third kappa shape index (κ3) is 4.16. The fraction of sp³-hybridized carbons (Fsp3) is 0.500. The van der Waals surface area contributed by atoms with Gasteiger partial charge in [0.2, 0.25) is 16.0 Å². The van der Waals surface area contributed by atoms with E-state index in [-0.39, 0.29) is 23.4 Å². The van der Waals surface area contributed by atoms with Crippen molar-refractivity contribution in [1.29, 1.82) is 0 Å². The first-order valence-corrected chi connectivity index (χ1v) is 12.5. The summed E-state index contributed by atoms with van der Waals surface area (Å²) in [4.78, 5) is 32.8. The van der Waals surface area contributed by atoms with Crippen LogP contribution in [0.3, 0.4) is 0 Å². The number of hydrogen-bond donors (Lipinski definition) is 1. The number of anilines is 1. The molecule has 1 aliphatic heterocycles. The molecule has 1 aliphatic carbocycles. The van der Waals surface area contributed by atoms with Gasteiger partial charge in [0.15, 0.2) is 0 Å². The number of carbonyl (C=O) groups is 1. The Balaban J connectivity index is 1.23. The molecule has 0 saturated carbocycles. The number of aromatic nitrogens is 3. The Morgan fingerprint density at radius 2 is 2.03 bits per heavy atom. The molecule has 3 aromatic rings. The predicted octanol–water partition coefficient (Wildman–Crippen LogP) is 3.51. The lowest BCUT2D eigenvalue weighted by Crippen LogP contribution is -2.42. The van der Waals surface area contributed by atoms with Crippen molar-refractivity contribution in [2.75, 3.05) is 18.0 Å². The highest BCUT2D eigenvalue weighted by atomic mass is 32.1. The summed E-state index contributed by atoms with van der Waals surface area (Å²) < 4.78 is 1.40. The average molecular weight is 452 g/mol. The SMILES string of the molecule is CCCc1cc(=O)n2nc(N3CCC(C(=O)N[C@H]4CCCc5ccccc54)CC3)sc2n1. The van der Waals surface area contributed by atoms with E-state index in [1.807, 2.05) is 0 Å². The van der Waals surface area contributed by atoms with Gasteiger partial charge < -0.3 is 10.2 Å². The fourth-order valence-electron chi connectivity index (χ4n) is 4.88. The molecule has 1 N–H and O–H groups in total. The highest BCUT2D eigenvalue weighted by molar-refractivity contribution is 7.20. The van der Waals surface area contributed by atoms with E-state index in [0.717, 1.165) is 68.9 Å². The first kappa shape index (κ1) is 21.1. The highest BCUT2D eigenvalue weighted by Gasteiger charge is 2.29. The normalized spacial score (nSPS) is 19.2. The Morgan fingerprint density at radius 1 is 1.22 bits per heavy atom. The van der Waals surface area contributed by atoms with Crippen LogP contribution in [0, 0.1) is 5.92 Å². The number of nitrogens with one attached hydrogen (secondary N) is 1. The molecular weight excluding hydrogens is 422 g/mol. The number of carbonyl (C=O) groups excluding carboxylic acids is 1. The molecule has 1 fully saturated rings. The molecule has 5 rings (SSSR count). The van der Waals surface area contributed by atoms with E-state index in [2.05, 4.69) is 51.5 Å². The molecule has 1 amide bonds. The molecule has 32 heavy (non-hydrogen) atoms. The lowest BCUT2D eigenvalue weighted by Gasteiger charge is -2.33. The Morgan fingerprint density at radius 3 is 2.84 bits per heavy atom. The Kier molecular flexibility index (Phi) is 5.95. The Bertz CT molecular complexity index is 1180. The summed E-state index contributed by atoms with van der Waals surface area (Å²) in [6.07, 6.45) is 6.56. The second kappa shape index (κ2) is 9.02. The van der Waals surface area contributed by atoms with E-state index in [0.29, 0.717) is 4.96 Å². The molecule has 8 heteroatoms. The smallest absolute Gasteiger partial charge is 0.275 e. The summed E-state index contributed by atoms with van der Waals surface area (Å²) in [5.74, 6) is 0.185. The van der Waals surface area contributed by atoms with Gasteiger partial charge in [0.05, 0.1) is 6.04 Å². The molecule has 2 aromatic heterocycles. The lowest BCUT2D eigenvalue weighted by atomic mass is 9.87. The summed E-state index contributed by atoms with van der Waals surface area (Å²) in [7, 11) is 0. The minimum Gasteiger partial charge on any atom is -0.349 e. The van der Waals surface area contributed by atoms with E-state index < -0.39 is 0 Å². The van der Waals surface area contributed by atoms with Gasteiger partial charge in [-0.15, -0.1) is 5.10 Å². The quantitative estimate of drug-likeness (QED) is 0.642. The van der Waals surface area contributed by atoms with Crippen molar-refractivity contribution in [2.24, 2.45) is 5.92 Å². The number of benzene rings is 1. The van der Waals surface area contributed by atoms with Crippen molar-refractivity contribution >= 4 is 27.3 Å². The maximum atomic E-state index is 13.0. The van der Waals surface area contributed by atoms with Crippen LogP contribution in [-0.2, 0) is 17.6 Å². The van der Waals surface area contributed by atoms with E-state index in [9.17, 15) is 9.59 Å². The minimum absolute atomic E-state index is 0.0201. The summed E-state index contributed by atoms with van der Waals surface area (Å²) in [6.45, 7) is 3.60. The monoisotopic (exact) mass is 451 g/mol. The number of rotatable bonds is 5. The number of hydrogen-bond acceptors (Lipinski definition) is 6. The molecule has 1 saturated heterocycles. The van der Waals surface area contributed by atoms with Gasteiger partial charge in [-0.2, -0.15) is 4.52 Å². The van der Waals surface area contributed by atoms with Gasteiger partial charge >= 0.3 is 0 Å². The van der Waals surface area contributed by atoms with Crippen LogP contribution in [0.25, 0.3) is 4.96 Å². The van der Waals surface area contributed by atoms with E-state index >= 15 is 0 Å². The molecule has 0 radical (unpaired) electrons. The Hall–Kier alpha value is -2.74. The van der Waals surface area contributed by atoms with E-state index in [4.69, 9.17) is 0 Å². The van der Waals surface area contributed by atoms with Crippen molar-refractivity contribution in [3.63, 3.8) is 0 Å². The van der Waals surface area contributed by atoms with Crippen LogP contribution in [0.2, 0.25) is 0 Å². The zero-order valence-corrected chi connectivity index (χ0v) is 19.2. The Labute approximate surface area is 191 Å². The van der Waals surface area contributed by atoms with E-state index in [1.54, 1.807) is 6.07 Å². The maximum absolute atomic E-state index is 13.0. The van der Waals surface area contributed by atoms with Crippen molar-refractivity contribution in [1.82, 2.24) is 19.9 Å². The van der Waals surface area contributed by atoms with Crippen LogP contribution >= 0.6 is 11.3 Å². The maximum Gasteiger partial charge on any atom is 0.275 e. The summed E-state index contributed by atoms with van der Waals surface area (Å²) in [5, 5.41) is 8.64. The molecule has 7 nitrogen and oxygen atoms in total. The number of nitrogens with zero attached hydrogens (tertiary/aromatic N) is 4. The molecule has 168 valence electrons. The first-order valence-electron chi connectivity index (χ1n) is 11.7. The number of aryl methyl sites for hydroxylation is 2. The third-order valence-corrected chi connectivity index (χ3v) is 7.58. The van der Waals surface area contributed by atoms with Crippen molar-refractivity contribution in [3.05, 3.63) is 57.5 Å². The van der Waals surface area contributed by atoms with Gasteiger partial charge in [0.25, 0.3) is 5.56 Å². The molecule has 1 aromatic carbocycles. The van der Waals surface area contributed by atoms with Gasteiger partial charge in [-0.25, -0.2) is 4.98 Å². The molecule has 0 unspecified atom stereocenters. The molecule has 0 bridgehead atoms. The van der Waals surface area contributed by atoms with Crippen molar-refractivity contribution < 1.29 is 4.79 Å². The molecular formula is C24H29N5O2S. The summed E-state index contributed by atoms with van der Waals surface area (Å²) in [5.41, 5.74) is 3.34. The average Bonchev–Trinajstić information content (AvgIpc) is 3.24. The second-order valence-corrected chi connectivity index (χ2v) is 9.76. The zero-order valence-electron chi connectivity index (χ0n) is 18.4. The minimum atomic E-state index is -0.122. The van der Waals surface area contributed by atoms with Crippen molar-refractivity contribution in [2.45, 2.75) is 57.9 Å². The van der Waals surface area contributed by atoms with Gasteiger partial charge in [0.1, 0.15) is 0 Å². The topological polar surface area (TPSA) is 79.6 Å². The predicted molar refractivity (Wildman–Crippen MR) is 126 cm³/mol. The first-order chi connectivity index (χ1) is 15.6. The highest BCUT2D eigenvalue weighted by Crippen LogP contribution is 2.31. The standard InChI is InChI=1S/C24H29N5O2S/c1-2-6-18-15-21(30)29-23(25-18)32-24(27-29)28-13-11-17(12-14-28)22(31)26-20-10-5-8-16-7-3-4-9-19(16)20/h3-4,7,9,15,17,20H,2,5-6,8,10-14H2,1H3,(H,26,31)/t20-/m0/s1. The molecule has 0 spiro atoms. The van der Waals surface area contributed by atoms with Gasteiger partial charge in [-0.05, 0) is 49.7 Å². The second-order valence-electron chi connectivity index (χ2n) is 8.83. The summed E-state index contributed by atoms with van der Waals surface area (Å²) >= 11 is 1.45. The van der Waals surface area contributed by atoms with Crippen molar-refractivity contribution in [3.8, 4) is 0 Å². The largest absolute Gasteiger partial charge is 0.349 e. The zero-order chi connectivity index (χ0) is 22.1. The van der Waals surface area contributed by atoms with Gasteiger partial charge in [-0.3, -0.25) is 9.59 Å². The number of fused-ring (bicyclic) bond motifs is 2. The van der Waals surface area contributed by atoms with Gasteiger partial charge in [0, 0.05) is 30.8 Å². The third-order valence-electron chi connectivity index (χ3n) is 6.62. The van der Waals surface area contributed by atoms with Crippen LogP contribution in [0.5, 0.6) is 0 Å². The molecule has 2 aliphatic rings.